The first-order valence-electron chi connectivity index (χ1n) is 12.5. The van der Waals surface area contributed by atoms with Gasteiger partial charge in [0.2, 0.25) is 5.71 Å². The van der Waals surface area contributed by atoms with Crippen molar-refractivity contribution >= 4 is 33.8 Å². The summed E-state index contributed by atoms with van der Waals surface area (Å²) in [5.41, 5.74) is 4.82. The predicted molar refractivity (Wildman–Crippen MR) is 140 cm³/mol. The third kappa shape index (κ3) is 4.19. The van der Waals surface area contributed by atoms with Crippen molar-refractivity contribution in [2.24, 2.45) is 0 Å². The number of ether oxygens (including phenoxy) is 4. The molecule has 2 aliphatic rings. The van der Waals surface area contributed by atoms with Gasteiger partial charge < -0.3 is 33.6 Å². The van der Waals surface area contributed by atoms with Crippen molar-refractivity contribution < 1.29 is 23.4 Å². The highest BCUT2D eigenvalue weighted by Gasteiger charge is 2.34. The van der Waals surface area contributed by atoms with Crippen LogP contribution in [0.5, 0.6) is 11.5 Å². The number of anilines is 2. The molecule has 0 radical (unpaired) electrons. The minimum Gasteiger partial charge on any atom is -0.493 e. The molecule has 1 saturated heterocycles. The first-order chi connectivity index (χ1) is 18.0. The third-order valence-electron chi connectivity index (χ3n) is 7.05. The molecule has 1 N–H and O–H groups in total. The predicted octanol–water partition coefficient (Wildman–Crippen LogP) is 4.09. The summed E-state index contributed by atoms with van der Waals surface area (Å²) in [6, 6.07) is 5.79. The van der Waals surface area contributed by atoms with Crippen molar-refractivity contribution in [1.29, 1.82) is 0 Å². The Kier molecular flexibility index (Phi) is 6.00. The molecule has 1 fully saturated rings. The minimum atomic E-state index is -0.301. The van der Waals surface area contributed by atoms with Crippen LogP contribution >= 0.6 is 0 Å². The number of benzene rings is 1. The Morgan fingerprint density at radius 1 is 1.08 bits per heavy atom. The SMILES string of the molecule is COc1cccc(CNc2ncnc3c2oc2nc(N4CCOCC4)c4c(c23)CC(C)(C)OC4)c1OC. The van der Waals surface area contributed by atoms with Gasteiger partial charge in [-0.2, -0.15) is 4.98 Å². The second kappa shape index (κ2) is 9.35. The van der Waals surface area contributed by atoms with Gasteiger partial charge in [-0.3, -0.25) is 0 Å². The van der Waals surface area contributed by atoms with Crippen molar-refractivity contribution in [3.05, 3.63) is 41.2 Å². The zero-order valence-corrected chi connectivity index (χ0v) is 21.6. The Bertz CT molecular complexity index is 1460. The van der Waals surface area contributed by atoms with Crippen LogP contribution in [0.2, 0.25) is 0 Å². The molecule has 194 valence electrons. The molecule has 0 saturated carbocycles. The van der Waals surface area contributed by atoms with E-state index < -0.39 is 0 Å². The summed E-state index contributed by atoms with van der Waals surface area (Å²) < 4.78 is 29.2. The average molecular weight is 506 g/mol. The Balaban J connectivity index is 1.45. The monoisotopic (exact) mass is 505 g/mol. The van der Waals surface area contributed by atoms with E-state index in [0.717, 1.165) is 47.4 Å². The molecular weight excluding hydrogens is 474 g/mol. The number of morpholine rings is 1. The zero-order chi connectivity index (χ0) is 25.6. The van der Waals surface area contributed by atoms with Gasteiger partial charge in [-0.15, -0.1) is 0 Å². The summed E-state index contributed by atoms with van der Waals surface area (Å²) in [7, 11) is 3.26. The number of nitrogens with one attached hydrogen (secondary N) is 1. The van der Waals surface area contributed by atoms with Crippen LogP contribution < -0.4 is 19.7 Å². The van der Waals surface area contributed by atoms with Crippen LogP contribution in [-0.2, 0) is 29.0 Å². The maximum absolute atomic E-state index is 6.39. The summed E-state index contributed by atoms with van der Waals surface area (Å²) in [6.45, 7) is 8.10. The number of para-hydroxylation sites is 1. The van der Waals surface area contributed by atoms with Gasteiger partial charge in [0.15, 0.2) is 22.9 Å². The number of pyridine rings is 1. The Hall–Kier alpha value is -3.63. The first-order valence-corrected chi connectivity index (χ1v) is 12.5. The molecule has 5 heterocycles. The summed E-state index contributed by atoms with van der Waals surface area (Å²) >= 11 is 0. The molecule has 10 nitrogen and oxygen atoms in total. The molecular formula is C27H31N5O5. The number of methoxy groups -OCH3 is 2. The van der Waals surface area contributed by atoms with Gasteiger partial charge in [0.25, 0.3) is 0 Å². The molecule has 0 aliphatic carbocycles. The molecule has 0 bridgehead atoms. The number of aromatic nitrogens is 3. The van der Waals surface area contributed by atoms with Gasteiger partial charge >= 0.3 is 0 Å². The van der Waals surface area contributed by atoms with Crippen molar-refractivity contribution in [3.8, 4) is 11.5 Å². The van der Waals surface area contributed by atoms with E-state index in [4.69, 9.17) is 28.3 Å². The van der Waals surface area contributed by atoms with E-state index in [-0.39, 0.29) is 5.60 Å². The van der Waals surface area contributed by atoms with Crippen molar-refractivity contribution in [3.63, 3.8) is 0 Å². The summed E-state index contributed by atoms with van der Waals surface area (Å²) in [5, 5.41) is 4.34. The Morgan fingerprint density at radius 2 is 1.92 bits per heavy atom. The van der Waals surface area contributed by atoms with Gasteiger partial charge in [-0.25, -0.2) is 9.97 Å². The van der Waals surface area contributed by atoms with Crippen LogP contribution in [0.4, 0.5) is 11.6 Å². The summed E-state index contributed by atoms with van der Waals surface area (Å²) in [5.74, 6) is 2.86. The molecule has 2 aliphatic heterocycles. The number of furan rings is 1. The number of hydrogen-bond acceptors (Lipinski definition) is 10. The van der Waals surface area contributed by atoms with E-state index >= 15 is 0 Å². The van der Waals surface area contributed by atoms with E-state index in [9.17, 15) is 0 Å². The maximum atomic E-state index is 6.39. The lowest BCUT2D eigenvalue weighted by Gasteiger charge is -2.36. The molecule has 1 aromatic carbocycles. The second-order valence-electron chi connectivity index (χ2n) is 9.91. The molecule has 0 atom stereocenters. The minimum absolute atomic E-state index is 0.301. The van der Waals surface area contributed by atoms with Crippen LogP contribution in [0.15, 0.2) is 28.9 Å². The molecule has 0 spiro atoms. The number of nitrogens with zero attached hydrogens (tertiary/aromatic N) is 4. The van der Waals surface area contributed by atoms with Gasteiger partial charge in [0.05, 0.1) is 45.0 Å². The van der Waals surface area contributed by atoms with Crippen molar-refractivity contribution in [1.82, 2.24) is 15.0 Å². The standard InChI is InChI=1S/C27H31N5O5/c1-27(2)12-17-18(14-36-27)25(32-8-10-35-11-9-32)31-26-20(17)21-23(37-26)24(30-15-29-21)28-13-16-6-5-7-19(33-3)22(16)34-4/h5-7,15H,8-14H2,1-4H3,(H,28,29,30). The molecule has 3 aromatic heterocycles. The average Bonchev–Trinajstić information content (AvgIpc) is 3.30. The second-order valence-corrected chi connectivity index (χ2v) is 9.91. The number of fused-ring (bicyclic) bond motifs is 5. The van der Waals surface area contributed by atoms with E-state index in [0.29, 0.717) is 55.0 Å². The number of hydrogen-bond donors (Lipinski definition) is 1. The van der Waals surface area contributed by atoms with Crippen LogP contribution in [0.1, 0.15) is 30.5 Å². The normalized spacial score (nSPS) is 17.1. The lowest BCUT2D eigenvalue weighted by Crippen LogP contribution is -2.39. The van der Waals surface area contributed by atoms with Gasteiger partial charge in [0.1, 0.15) is 17.7 Å². The van der Waals surface area contributed by atoms with Crippen LogP contribution in [0.3, 0.4) is 0 Å². The molecule has 4 aromatic rings. The van der Waals surface area contributed by atoms with Gasteiger partial charge in [-0.1, -0.05) is 12.1 Å². The van der Waals surface area contributed by atoms with Gasteiger partial charge in [0, 0.05) is 37.2 Å². The maximum Gasteiger partial charge on any atom is 0.231 e. The zero-order valence-electron chi connectivity index (χ0n) is 21.6. The van der Waals surface area contributed by atoms with Crippen LogP contribution in [-0.4, -0.2) is 61.1 Å². The van der Waals surface area contributed by atoms with E-state index in [1.165, 1.54) is 5.56 Å². The van der Waals surface area contributed by atoms with E-state index in [2.05, 4.69) is 34.0 Å². The molecule has 6 rings (SSSR count). The Morgan fingerprint density at radius 3 is 2.70 bits per heavy atom. The first kappa shape index (κ1) is 23.7. The molecule has 0 unspecified atom stereocenters. The van der Waals surface area contributed by atoms with E-state index in [1.54, 1.807) is 20.5 Å². The highest BCUT2D eigenvalue weighted by molar-refractivity contribution is 6.07. The van der Waals surface area contributed by atoms with Crippen molar-refractivity contribution in [2.75, 3.05) is 50.7 Å². The number of rotatable bonds is 6. The Labute approximate surface area is 214 Å². The summed E-state index contributed by atoms with van der Waals surface area (Å²) in [6.07, 6.45) is 2.30. The molecule has 0 amide bonds. The smallest absolute Gasteiger partial charge is 0.231 e. The lowest BCUT2D eigenvalue weighted by molar-refractivity contribution is -0.0396. The van der Waals surface area contributed by atoms with Gasteiger partial charge in [-0.05, 0) is 25.5 Å². The topological polar surface area (TPSA) is 104 Å². The lowest BCUT2D eigenvalue weighted by atomic mass is 9.90. The summed E-state index contributed by atoms with van der Waals surface area (Å²) in [4.78, 5) is 16.4. The van der Waals surface area contributed by atoms with Crippen LogP contribution in [0.25, 0.3) is 22.2 Å². The fraction of sp³-hybridized carbons (Fsp3) is 0.444. The quantitative estimate of drug-likeness (QED) is 0.412. The highest BCUT2D eigenvalue weighted by atomic mass is 16.5. The largest absolute Gasteiger partial charge is 0.493 e. The fourth-order valence-electron chi connectivity index (χ4n) is 5.22. The van der Waals surface area contributed by atoms with Crippen molar-refractivity contribution in [2.45, 2.75) is 39.0 Å². The van der Waals surface area contributed by atoms with Crippen LogP contribution in [0, 0.1) is 0 Å². The third-order valence-corrected chi connectivity index (χ3v) is 7.05. The van der Waals surface area contributed by atoms with E-state index in [1.807, 2.05) is 18.2 Å². The highest BCUT2D eigenvalue weighted by Crippen LogP contribution is 2.42. The molecule has 37 heavy (non-hydrogen) atoms. The fourth-order valence-corrected chi connectivity index (χ4v) is 5.22. The molecule has 10 heteroatoms.